The van der Waals surface area contributed by atoms with Gasteiger partial charge in [-0.05, 0) is 60.2 Å². The van der Waals surface area contributed by atoms with Crippen LogP contribution in [0.4, 0.5) is 0 Å². The molecule has 0 spiro atoms. The van der Waals surface area contributed by atoms with Gasteiger partial charge < -0.3 is 10.6 Å². The molecule has 3 nitrogen and oxygen atoms in total. The summed E-state index contributed by atoms with van der Waals surface area (Å²) in [5, 5.41) is 6.79. The van der Waals surface area contributed by atoms with Gasteiger partial charge in [-0.3, -0.25) is 4.79 Å². The van der Waals surface area contributed by atoms with Crippen molar-refractivity contribution in [3.63, 3.8) is 0 Å². The predicted octanol–water partition coefficient (Wildman–Crippen LogP) is 2.85. The maximum Gasteiger partial charge on any atom is 0.253 e. The van der Waals surface area contributed by atoms with Crippen LogP contribution in [-0.2, 0) is 0 Å². The first kappa shape index (κ1) is 16.0. The number of rotatable bonds is 2. The van der Waals surface area contributed by atoms with Crippen molar-refractivity contribution in [2.45, 2.75) is 18.9 Å². The number of piperidine rings is 1. The molecule has 1 heterocycles. The van der Waals surface area contributed by atoms with Crippen molar-refractivity contribution in [3.05, 3.63) is 32.4 Å². The molecule has 0 saturated carbocycles. The van der Waals surface area contributed by atoms with Crippen LogP contribution in [0.25, 0.3) is 0 Å². The van der Waals surface area contributed by atoms with Gasteiger partial charge in [0.25, 0.3) is 5.91 Å². The normalized spacial score (nSPS) is 18.9. The Kier molecular flexibility index (Phi) is 6.70. The highest BCUT2D eigenvalue weighted by Crippen LogP contribution is 2.19. The molecule has 100 valence electrons. The minimum Gasteiger partial charge on any atom is -0.348 e. The van der Waals surface area contributed by atoms with Crippen LogP contribution in [-0.4, -0.2) is 25.0 Å². The van der Waals surface area contributed by atoms with E-state index in [2.05, 4.69) is 33.2 Å². The van der Waals surface area contributed by atoms with E-state index in [4.69, 9.17) is 11.6 Å². The summed E-state index contributed by atoms with van der Waals surface area (Å²) in [6.45, 7) is 1.88. The second-order valence-electron chi connectivity index (χ2n) is 4.14. The minimum absolute atomic E-state index is 0. The Labute approximate surface area is 132 Å². The van der Waals surface area contributed by atoms with Gasteiger partial charge in [0.1, 0.15) is 0 Å². The number of carbonyl (C=O) groups excluding carboxylic acids is 1. The number of hydrogen-bond donors (Lipinski definition) is 2. The van der Waals surface area contributed by atoms with E-state index in [1.807, 2.05) is 6.07 Å². The van der Waals surface area contributed by atoms with Crippen LogP contribution >= 0.6 is 46.6 Å². The maximum atomic E-state index is 12.0. The van der Waals surface area contributed by atoms with Gasteiger partial charge in [0.05, 0.1) is 10.6 Å². The number of halogens is 3. The summed E-state index contributed by atoms with van der Waals surface area (Å²) in [5.41, 5.74) is 0.553. The molecule has 2 N–H and O–H groups in total. The maximum absolute atomic E-state index is 12.0. The summed E-state index contributed by atoms with van der Waals surface area (Å²) in [6.07, 6.45) is 2.13. The van der Waals surface area contributed by atoms with Gasteiger partial charge in [-0.2, -0.15) is 0 Å². The van der Waals surface area contributed by atoms with Crippen LogP contribution in [0.15, 0.2) is 18.2 Å². The van der Waals surface area contributed by atoms with Gasteiger partial charge in [-0.15, -0.1) is 12.4 Å². The van der Waals surface area contributed by atoms with Crippen LogP contribution in [0.2, 0.25) is 5.02 Å². The van der Waals surface area contributed by atoms with Crippen molar-refractivity contribution in [2.75, 3.05) is 13.1 Å². The van der Waals surface area contributed by atoms with Crippen LogP contribution < -0.4 is 10.6 Å². The lowest BCUT2D eigenvalue weighted by atomic mass is 10.1. The van der Waals surface area contributed by atoms with Crippen molar-refractivity contribution in [3.8, 4) is 0 Å². The second-order valence-corrected chi connectivity index (χ2v) is 5.79. The second kappa shape index (κ2) is 7.53. The number of carbonyl (C=O) groups is 1. The lowest BCUT2D eigenvalue weighted by Crippen LogP contribution is -2.45. The Morgan fingerprint density at radius 2 is 2.28 bits per heavy atom. The van der Waals surface area contributed by atoms with Crippen molar-refractivity contribution in [2.24, 2.45) is 0 Å². The highest BCUT2D eigenvalue weighted by molar-refractivity contribution is 14.1. The highest BCUT2D eigenvalue weighted by atomic mass is 127. The topological polar surface area (TPSA) is 41.1 Å². The molecule has 1 aliphatic heterocycles. The summed E-state index contributed by atoms with van der Waals surface area (Å²) in [7, 11) is 0. The Bertz CT molecular complexity index is 423. The lowest BCUT2D eigenvalue weighted by Gasteiger charge is -2.24. The van der Waals surface area contributed by atoms with Crippen molar-refractivity contribution in [1.29, 1.82) is 0 Å². The van der Waals surface area contributed by atoms with Gasteiger partial charge in [-0.1, -0.05) is 11.6 Å². The van der Waals surface area contributed by atoms with Crippen LogP contribution in [0.5, 0.6) is 0 Å². The van der Waals surface area contributed by atoms with Crippen molar-refractivity contribution in [1.82, 2.24) is 10.6 Å². The molecule has 6 heteroatoms. The summed E-state index contributed by atoms with van der Waals surface area (Å²) in [5.74, 6) is -0.0832. The molecule has 1 aromatic rings. The third-order valence-corrected chi connectivity index (χ3v) is 3.79. The average Bonchev–Trinajstić information content (AvgIpc) is 2.30. The summed E-state index contributed by atoms with van der Waals surface area (Å²) < 4.78 is 1.03. The zero-order chi connectivity index (χ0) is 12.3. The smallest absolute Gasteiger partial charge is 0.253 e. The number of amides is 1. The number of benzene rings is 1. The molecule has 0 aliphatic carbocycles. The van der Waals surface area contributed by atoms with E-state index < -0.39 is 0 Å². The van der Waals surface area contributed by atoms with Crippen molar-refractivity contribution < 1.29 is 4.79 Å². The highest BCUT2D eigenvalue weighted by Gasteiger charge is 2.17. The van der Waals surface area contributed by atoms with E-state index >= 15 is 0 Å². The molecule has 18 heavy (non-hydrogen) atoms. The minimum atomic E-state index is -0.0832. The zero-order valence-electron chi connectivity index (χ0n) is 9.71. The third-order valence-electron chi connectivity index (χ3n) is 2.81. The zero-order valence-corrected chi connectivity index (χ0v) is 13.4. The molecule has 1 fully saturated rings. The monoisotopic (exact) mass is 400 g/mol. The number of hydrogen-bond acceptors (Lipinski definition) is 2. The van der Waals surface area contributed by atoms with Crippen LogP contribution in [0.1, 0.15) is 23.2 Å². The van der Waals surface area contributed by atoms with E-state index in [1.165, 1.54) is 0 Å². The fraction of sp³-hybridized carbons (Fsp3) is 0.417. The quantitative estimate of drug-likeness (QED) is 0.749. The van der Waals surface area contributed by atoms with Gasteiger partial charge >= 0.3 is 0 Å². The summed E-state index contributed by atoms with van der Waals surface area (Å²) in [4.78, 5) is 12.0. The van der Waals surface area contributed by atoms with Crippen LogP contribution in [0, 0.1) is 3.57 Å². The van der Waals surface area contributed by atoms with Gasteiger partial charge in [-0.25, -0.2) is 0 Å². The Morgan fingerprint density at radius 1 is 1.50 bits per heavy atom. The van der Waals surface area contributed by atoms with Gasteiger partial charge in [0, 0.05) is 16.2 Å². The summed E-state index contributed by atoms with van der Waals surface area (Å²) in [6, 6.07) is 5.68. The molecule has 0 aromatic heterocycles. The van der Waals surface area contributed by atoms with E-state index in [-0.39, 0.29) is 24.4 Å². The van der Waals surface area contributed by atoms with E-state index in [9.17, 15) is 4.79 Å². The lowest BCUT2D eigenvalue weighted by molar-refractivity contribution is 0.0931. The Balaban J connectivity index is 0.00000162. The number of nitrogens with one attached hydrogen (secondary N) is 2. The largest absolute Gasteiger partial charge is 0.348 e. The molecule has 0 radical (unpaired) electrons. The molecule has 1 atom stereocenters. The van der Waals surface area contributed by atoms with E-state index in [1.54, 1.807) is 12.1 Å². The average molecular weight is 401 g/mol. The summed E-state index contributed by atoms with van der Waals surface area (Å²) >= 11 is 8.24. The van der Waals surface area contributed by atoms with Gasteiger partial charge in [0.2, 0.25) is 0 Å². The fourth-order valence-electron chi connectivity index (χ4n) is 1.91. The van der Waals surface area contributed by atoms with E-state index in [0.717, 1.165) is 29.5 Å². The van der Waals surface area contributed by atoms with E-state index in [0.29, 0.717) is 10.6 Å². The predicted molar refractivity (Wildman–Crippen MR) is 84.8 cm³/mol. The molecular formula is C12H15Cl2IN2O. The Hall–Kier alpha value is -0.0400. The molecule has 1 unspecified atom stereocenters. The third kappa shape index (κ3) is 4.26. The van der Waals surface area contributed by atoms with Crippen molar-refractivity contribution >= 4 is 52.5 Å². The first-order chi connectivity index (χ1) is 8.16. The molecule has 1 aliphatic rings. The first-order valence-corrected chi connectivity index (χ1v) is 7.09. The van der Waals surface area contributed by atoms with Gasteiger partial charge in [0.15, 0.2) is 0 Å². The Morgan fingerprint density at radius 3 is 2.89 bits per heavy atom. The molecule has 2 rings (SSSR count). The molecule has 0 bridgehead atoms. The molecule has 1 aromatic carbocycles. The molecular weight excluding hydrogens is 386 g/mol. The first-order valence-electron chi connectivity index (χ1n) is 5.63. The van der Waals surface area contributed by atoms with Crippen LogP contribution in [0.3, 0.4) is 0 Å². The SMILES string of the molecule is Cl.O=C(NC1CCCNC1)c1ccc(I)cc1Cl. The standard InChI is InChI=1S/C12H14ClIN2O.ClH/c13-11-6-8(14)3-4-10(11)12(17)16-9-2-1-5-15-7-9;/h3-4,6,9,15H,1-2,5,7H2,(H,16,17);1H. The molecule has 1 saturated heterocycles. The fourth-order valence-corrected chi connectivity index (χ4v) is 2.85. The molecule has 1 amide bonds.